The van der Waals surface area contributed by atoms with Crippen molar-refractivity contribution in [2.24, 2.45) is 11.8 Å². The predicted molar refractivity (Wildman–Crippen MR) is 148 cm³/mol. The van der Waals surface area contributed by atoms with Crippen LogP contribution in [-0.4, -0.2) is 66.0 Å². The average Bonchev–Trinajstić information content (AvgIpc) is 3.19. The van der Waals surface area contributed by atoms with Crippen LogP contribution in [0.4, 0.5) is 5.82 Å². The van der Waals surface area contributed by atoms with Crippen molar-refractivity contribution in [2.45, 2.75) is 65.5 Å². The van der Waals surface area contributed by atoms with Crippen molar-refractivity contribution < 1.29 is 9.59 Å². The number of nitrogens with zero attached hydrogens (tertiary/aromatic N) is 4. The smallest absolute Gasteiger partial charge is 0.239 e. The number of pyridine rings is 1. The van der Waals surface area contributed by atoms with Crippen LogP contribution < -0.4 is 20.9 Å². The Balaban J connectivity index is 1.78. The Hall–Kier alpha value is -2.78. The molecule has 2 aromatic rings. The molecule has 1 aliphatic rings. The Morgan fingerprint density at radius 1 is 1.14 bits per heavy atom. The second kappa shape index (κ2) is 13.1. The molecule has 3 unspecified atom stereocenters. The van der Waals surface area contributed by atoms with Crippen molar-refractivity contribution in [3.05, 3.63) is 34.6 Å². The van der Waals surface area contributed by atoms with Gasteiger partial charge in [-0.3, -0.25) is 14.6 Å². The summed E-state index contributed by atoms with van der Waals surface area (Å²) in [5, 5.41) is 9.46. The number of amides is 2. The predicted octanol–water partition coefficient (Wildman–Crippen LogP) is 3.01. The topological polar surface area (TPSA) is 112 Å². The molecule has 0 fully saturated rings. The second-order valence-electron chi connectivity index (χ2n) is 10.6. The van der Waals surface area contributed by atoms with E-state index in [4.69, 9.17) is 21.6 Å². The molecule has 0 aromatic carbocycles. The number of fused-ring (bicyclic) bond motifs is 1. The molecule has 3 atom stereocenters. The number of carbonyl (C=O) groups is 2. The summed E-state index contributed by atoms with van der Waals surface area (Å²) in [6.45, 7) is 8.71. The summed E-state index contributed by atoms with van der Waals surface area (Å²) >= 11 is 6.21. The van der Waals surface area contributed by atoms with E-state index in [1.165, 1.54) is 0 Å². The summed E-state index contributed by atoms with van der Waals surface area (Å²) in [4.78, 5) is 40.5. The molecule has 0 saturated carbocycles. The van der Waals surface area contributed by atoms with Crippen LogP contribution in [0.2, 0.25) is 5.02 Å². The van der Waals surface area contributed by atoms with Crippen molar-refractivity contribution in [1.82, 2.24) is 30.9 Å². The summed E-state index contributed by atoms with van der Waals surface area (Å²) in [5.74, 6) is 2.10. The van der Waals surface area contributed by atoms with E-state index in [-0.39, 0.29) is 30.4 Å². The largest absolute Gasteiger partial charge is 0.353 e. The first-order valence-corrected chi connectivity index (χ1v) is 13.4. The van der Waals surface area contributed by atoms with Crippen molar-refractivity contribution in [2.75, 3.05) is 32.1 Å². The average molecular weight is 530 g/mol. The Bertz CT molecular complexity index is 1090. The lowest BCUT2D eigenvalue weighted by Gasteiger charge is -2.22. The molecule has 2 aromatic heterocycles. The van der Waals surface area contributed by atoms with Crippen LogP contribution in [0.3, 0.4) is 0 Å². The van der Waals surface area contributed by atoms with Crippen LogP contribution in [0.15, 0.2) is 18.3 Å². The number of anilines is 1. The molecule has 0 radical (unpaired) electrons. The number of likely N-dealkylation sites (N-methyl/N-ethyl adjacent to an activating group) is 2. The Kier molecular flexibility index (Phi) is 10.2. The molecule has 0 aliphatic heterocycles. The lowest BCUT2D eigenvalue weighted by Crippen LogP contribution is -2.39. The van der Waals surface area contributed by atoms with Crippen LogP contribution >= 0.6 is 11.6 Å². The SMILES string of the molecule is CNCC(=O)NC(C)CC(C)CC1Cc2nc(-c3cc(Cl)ccn3)nc(N(C)CC(=O)NC(C)C)c2C1. The van der Waals surface area contributed by atoms with E-state index in [2.05, 4.69) is 34.8 Å². The van der Waals surface area contributed by atoms with Crippen LogP contribution in [-0.2, 0) is 22.4 Å². The van der Waals surface area contributed by atoms with Crippen molar-refractivity contribution in [3.63, 3.8) is 0 Å². The van der Waals surface area contributed by atoms with Gasteiger partial charge in [0.25, 0.3) is 0 Å². The molecule has 9 nitrogen and oxygen atoms in total. The Labute approximate surface area is 225 Å². The summed E-state index contributed by atoms with van der Waals surface area (Å²) in [7, 11) is 3.66. The summed E-state index contributed by atoms with van der Waals surface area (Å²) in [6.07, 6.45) is 5.27. The molecule has 37 heavy (non-hydrogen) atoms. The van der Waals surface area contributed by atoms with E-state index in [9.17, 15) is 9.59 Å². The van der Waals surface area contributed by atoms with Gasteiger partial charge in [0.05, 0.1) is 18.8 Å². The van der Waals surface area contributed by atoms with E-state index in [0.29, 0.717) is 34.9 Å². The van der Waals surface area contributed by atoms with Crippen LogP contribution in [0, 0.1) is 11.8 Å². The minimum atomic E-state index is -0.0511. The fraction of sp³-hybridized carbons (Fsp3) is 0.593. The van der Waals surface area contributed by atoms with Gasteiger partial charge in [-0.05, 0) is 77.5 Å². The van der Waals surface area contributed by atoms with Crippen LogP contribution in [0.5, 0.6) is 0 Å². The molecular formula is C27H40ClN7O2. The van der Waals surface area contributed by atoms with Gasteiger partial charge >= 0.3 is 0 Å². The minimum absolute atomic E-state index is 0.0158. The monoisotopic (exact) mass is 529 g/mol. The van der Waals surface area contributed by atoms with Gasteiger partial charge in [0.15, 0.2) is 5.82 Å². The van der Waals surface area contributed by atoms with Gasteiger partial charge in [0.1, 0.15) is 11.5 Å². The molecular weight excluding hydrogens is 490 g/mol. The van der Waals surface area contributed by atoms with Crippen molar-refractivity contribution in [3.8, 4) is 11.5 Å². The fourth-order valence-electron chi connectivity index (χ4n) is 5.13. The molecule has 2 heterocycles. The quantitative estimate of drug-likeness (QED) is 0.387. The van der Waals surface area contributed by atoms with Gasteiger partial charge < -0.3 is 20.9 Å². The number of hydrogen-bond acceptors (Lipinski definition) is 7. The Morgan fingerprint density at radius 2 is 1.89 bits per heavy atom. The molecule has 0 spiro atoms. The van der Waals surface area contributed by atoms with Crippen LogP contribution in [0.1, 0.15) is 51.8 Å². The van der Waals surface area contributed by atoms with Gasteiger partial charge in [-0.25, -0.2) is 9.97 Å². The molecule has 1 aliphatic carbocycles. The van der Waals surface area contributed by atoms with Gasteiger partial charge in [-0.1, -0.05) is 18.5 Å². The molecule has 202 valence electrons. The standard InChI is InChI=1S/C27H40ClN7O2/c1-16(2)31-25(37)15-35(6)27-21-11-19(10-17(3)9-18(4)32-24(36)14-29-5)12-22(21)33-26(34-27)23-13-20(28)7-8-30-23/h7-8,13,16-19,29H,9-12,14-15H2,1-6H3,(H,31,37)(H,32,36). The third kappa shape index (κ3) is 8.36. The molecule has 3 N–H and O–H groups in total. The fourth-order valence-corrected chi connectivity index (χ4v) is 5.29. The lowest BCUT2D eigenvalue weighted by atomic mass is 9.89. The first kappa shape index (κ1) is 28.8. The van der Waals surface area contributed by atoms with E-state index < -0.39 is 0 Å². The number of carbonyl (C=O) groups excluding carboxylic acids is 2. The van der Waals surface area contributed by atoms with E-state index >= 15 is 0 Å². The zero-order chi connectivity index (χ0) is 27.1. The normalized spacial score (nSPS) is 16.3. The highest BCUT2D eigenvalue weighted by atomic mass is 35.5. The number of rotatable bonds is 12. The Morgan fingerprint density at radius 3 is 2.57 bits per heavy atom. The third-order valence-electron chi connectivity index (χ3n) is 6.43. The highest BCUT2D eigenvalue weighted by Crippen LogP contribution is 2.36. The molecule has 2 amide bonds. The van der Waals surface area contributed by atoms with E-state index in [1.54, 1.807) is 25.4 Å². The zero-order valence-corrected chi connectivity index (χ0v) is 23.5. The number of aromatic nitrogens is 3. The highest BCUT2D eigenvalue weighted by Gasteiger charge is 2.30. The van der Waals surface area contributed by atoms with E-state index in [1.807, 2.05) is 25.8 Å². The molecule has 10 heteroatoms. The maximum atomic E-state index is 12.5. The summed E-state index contributed by atoms with van der Waals surface area (Å²) in [6, 6.07) is 3.67. The van der Waals surface area contributed by atoms with Gasteiger partial charge in [0, 0.05) is 35.9 Å². The number of nitrogens with one attached hydrogen (secondary N) is 3. The molecule has 0 bridgehead atoms. The van der Waals surface area contributed by atoms with Gasteiger partial charge in [-0.2, -0.15) is 0 Å². The maximum Gasteiger partial charge on any atom is 0.239 e. The molecule has 0 saturated heterocycles. The second-order valence-corrected chi connectivity index (χ2v) is 11.0. The molecule has 3 rings (SSSR count). The number of halogens is 1. The zero-order valence-electron chi connectivity index (χ0n) is 22.8. The van der Waals surface area contributed by atoms with Crippen molar-refractivity contribution >= 4 is 29.2 Å². The highest BCUT2D eigenvalue weighted by molar-refractivity contribution is 6.30. The van der Waals surface area contributed by atoms with Crippen molar-refractivity contribution in [1.29, 1.82) is 0 Å². The third-order valence-corrected chi connectivity index (χ3v) is 6.66. The summed E-state index contributed by atoms with van der Waals surface area (Å²) in [5.41, 5.74) is 2.71. The van der Waals surface area contributed by atoms with Gasteiger partial charge in [0.2, 0.25) is 11.8 Å². The first-order valence-electron chi connectivity index (χ1n) is 13.0. The lowest BCUT2D eigenvalue weighted by molar-refractivity contribution is -0.121. The number of hydrogen-bond donors (Lipinski definition) is 3. The van der Waals surface area contributed by atoms with Crippen LogP contribution in [0.25, 0.3) is 11.5 Å². The van der Waals surface area contributed by atoms with E-state index in [0.717, 1.165) is 42.8 Å². The minimum Gasteiger partial charge on any atom is -0.353 e. The van der Waals surface area contributed by atoms with Gasteiger partial charge in [-0.15, -0.1) is 0 Å². The first-order chi connectivity index (χ1) is 17.5. The maximum absolute atomic E-state index is 12.5. The summed E-state index contributed by atoms with van der Waals surface area (Å²) < 4.78 is 0.